The van der Waals surface area contributed by atoms with Gasteiger partial charge in [0.1, 0.15) is 0 Å². The highest BCUT2D eigenvalue weighted by Crippen LogP contribution is 2.27. The molecule has 0 saturated heterocycles. The second-order valence-corrected chi connectivity index (χ2v) is 6.84. The number of ether oxygens (including phenoxy) is 1. The van der Waals surface area contributed by atoms with Crippen LogP contribution >= 0.6 is 11.8 Å². The molecule has 0 radical (unpaired) electrons. The Morgan fingerprint density at radius 1 is 1.24 bits per heavy atom. The third-order valence-corrected chi connectivity index (χ3v) is 4.54. The molecule has 0 saturated carbocycles. The molecule has 0 fully saturated rings. The minimum atomic E-state index is -0.344. The lowest BCUT2D eigenvalue weighted by atomic mass is 9.87. The number of thioether (sulfide) groups is 1. The number of hydrogen-bond donors (Lipinski definition) is 2. The molecule has 1 aromatic carbocycles. The molecule has 1 atom stereocenters. The molecule has 1 rings (SSSR count). The fraction of sp³-hybridized carbons (Fsp3) is 0.647. The van der Waals surface area contributed by atoms with Crippen LogP contribution < -0.4 is 5.32 Å². The number of benzene rings is 1. The monoisotopic (exact) mass is 311 g/mol. The predicted molar refractivity (Wildman–Crippen MR) is 91.9 cm³/mol. The van der Waals surface area contributed by atoms with Gasteiger partial charge in [-0.3, -0.25) is 0 Å². The van der Waals surface area contributed by atoms with Gasteiger partial charge in [-0.15, -0.1) is 0 Å². The van der Waals surface area contributed by atoms with Crippen molar-refractivity contribution in [3.63, 3.8) is 0 Å². The van der Waals surface area contributed by atoms with E-state index >= 15 is 0 Å². The average Bonchev–Trinajstić information content (AvgIpc) is 2.50. The standard InChI is InChI=1S/C17H29NO2S/c1-15(2)18-17(14-19,16-8-5-4-6-9-16)10-13-21-12-7-11-20-3/h4-6,8-9,15,18-19H,7,10-14H2,1-3H3. The van der Waals surface area contributed by atoms with E-state index in [0.717, 1.165) is 31.0 Å². The molecule has 0 aromatic heterocycles. The molecule has 0 aliphatic rings. The van der Waals surface area contributed by atoms with Crippen molar-refractivity contribution in [2.75, 3.05) is 31.8 Å². The van der Waals surface area contributed by atoms with Crippen molar-refractivity contribution in [1.29, 1.82) is 0 Å². The highest BCUT2D eigenvalue weighted by molar-refractivity contribution is 7.99. The van der Waals surface area contributed by atoms with Crippen LogP contribution in [0.5, 0.6) is 0 Å². The minimum absolute atomic E-state index is 0.119. The smallest absolute Gasteiger partial charge is 0.0678 e. The molecule has 0 bridgehead atoms. The Kier molecular flexibility index (Phi) is 9.00. The number of rotatable bonds is 11. The number of aliphatic hydroxyl groups is 1. The van der Waals surface area contributed by atoms with E-state index in [1.54, 1.807) is 7.11 Å². The maximum Gasteiger partial charge on any atom is 0.0678 e. The van der Waals surface area contributed by atoms with Crippen molar-refractivity contribution in [2.45, 2.75) is 38.3 Å². The van der Waals surface area contributed by atoms with Crippen LogP contribution in [0, 0.1) is 0 Å². The van der Waals surface area contributed by atoms with Crippen LogP contribution in [0.15, 0.2) is 30.3 Å². The van der Waals surface area contributed by atoms with Gasteiger partial charge in [0.15, 0.2) is 0 Å². The van der Waals surface area contributed by atoms with Crippen LogP contribution in [0.3, 0.4) is 0 Å². The van der Waals surface area contributed by atoms with E-state index < -0.39 is 0 Å². The first-order valence-corrected chi connectivity index (χ1v) is 8.81. The lowest BCUT2D eigenvalue weighted by Gasteiger charge is -2.36. The van der Waals surface area contributed by atoms with E-state index in [0.29, 0.717) is 6.04 Å². The summed E-state index contributed by atoms with van der Waals surface area (Å²) in [6.45, 7) is 5.19. The van der Waals surface area contributed by atoms with E-state index in [4.69, 9.17) is 4.74 Å². The van der Waals surface area contributed by atoms with Crippen LogP contribution in [0.1, 0.15) is 32.3 Å². The molecule has 0 spiro atoms. The van der Waals surface area contributed by atoms with Gasteiger partial charge >= 0.3 is 0 Å². The lowest BCUT2D eigenvalue weighted by molar-refractivity contribution is 0.147. The van der Waals surface area contributed by atoms with E-state index in [2.05, 4.69) is 31.3 Å². The maximum atomic E-state index is 10.0. The molecule has 4 heteroatoms. The molecular formula is C17H29NO2S. The van der Waals surface area contributed by atoms with E-state index in [9.17, 15) is 5.11 Å². The van der Waals surface area contributed by atoms with Crippen molar-refractivity contribution >= 4 is 11.8 Å². The first-order valence-electron chi connectivity index (χ1n) is 7.65. The molecule has 0 aliphatic carbocycles. The quantitative estimate of drug-likeness (QED) is 0.616. The van der Waals surface area contributed by atoms with E-state index in [1.165, 1.54) is 5.56 Å². The summed E-state index contributed by atoms with van der Waals surface area (Å²) in [6, 6.07) is 10.6. The zero-order valence-electron chi connectivity index (χ0n) is 13.5. The molecule has 0 aliphatic heterocycles. The van der Waals surface area contributed by atoms with Gasteiger partial charge in [-0.2, -0.15) is 11.8 Å². The third-order valence-electron chi connectivity index (χ3n) is 3.47. The van der Waals surface area contributed by atoms with Gasteiger partial charge in [-0.1, -0.05) is 30.3 Å². The number of nitrogens with one attached hydrogen (secondary N) is 1. The third kappa shape index (κ3) is 6.39. The zero-order chi connectivity index (χ0) is 15.6. The highest BCUT2D eigenvalue weighted by Gasteiger charge is 2.31. The van der Waals surface area contributed by atoms with E-state index in [1.807, 2.05) is 30.0 Å². The first kappa shape index (κ1) is 18.5. The molecule has 0 amide bonds. The van der Waals surface area contributed by atoms with Crippen molar-refractivity contribution in [3.8, 4) is 0 Å². The Morgan fingerprint density at radius 3 is 2.52 bits per heavy atom. The van der Waals surface area contributed by atoms with Gasteiger partial charge < -0.3 is 15.2 Å². The molecule has 0 heterocycles. The highest BCUT2D eigenvalue weighted by atomic mass is 32.2. The molecule has 3 nitrogen and oxygen atoms in total. The summed E-state index contributed by atoms with van der Waals surface area (Å²) in [6.07, 6.45) is 2.00. The fourth-order valence-electron chi connectivity index (χ4n) is 2.48. The summed E-state index contributed by atoms with van der Waals surface area (Å²) in [5.41, 5.74) is 0.822. The summed E-state index contributed by atoms with van der Waals surface area (Å²) in [7, 11) is 1.74. The van der Waals surface area contributed by atoms with Crippen molar-refractivity contribution in [2.24, 2.45) is 0 Å². The number of methoxy groups -OCH3 is 1. The van der Waals surface area contributed by atoms with Gasteiger partial charge in [-0.05, 0) is 43.8 Å². The molecule has 21 heavy (non-hydrogen) atoms. The van der Waals surface area contributed by atoms with Crippen LogP contribution in [0.25, 0.3) is 0 Å². The van der Waals surface area contributed by atoms with E-state index in [-0.39, 0.29) is 12.1 Å². The summed E-state index contributed by atoms with van der Waals surface area (Å²) < 4.78 is 5.07. The van der Waals surface area contributed by atoms with Crippen LogP contribution in [-0.4, -0.2) is 43.0 Å². The summed E-state index contributed by atoms with van der Waals surface area (Å²) in [4.78, 5) is 0. The number of hydrogen-bond acceptors (Lipinski definition) is 4. The molecule has 1 unspecified atom stereocenters. The number of aliphatic hydroxyl groups excluding tert-OH is 1. The topological polar surface area (TPSA) is 41.5 Å². The zero-order valence-corrected chi connectivity index (χ0v) is 14.3. The summed E-state index contributed by atoms with van der Waals surface area (Å²) >= 11 is 1.93. The first-order chi connectivity index (χ1) is 10.1. The van der Waals surface area contributed by atoms with Crippen molar-refractivity contribution < 1.29 is 9.84 Å². The van der Waals surface area contributed by atoms with Gasteiger partial charge in [0.2, 0.25) is 0 Å². The summed E-state index contributed by atoms with van der Waals surface area (Å²) in [5.74, 6) is 2.13. The maximum absolute atomic E-state index is 10.0. The van der Waals surface area contributed by atoms with Gasteiger partial charge in [-0.25, -0.2) is 0 Å². The Labute approximate surface area is 133 Å². The second kappa shape index (κ2) is 10.2. The largest absolute Gasteiger partial charge is 0.394 e. The van der Waals surface area contributed by atoms with Crippen LogP contribution in [-0.2, 0) is 10.3 Å². The average molecular weight is 311 g/mol. The van der Waals surface area contributed by atoms with Crippen molar-refractivity contribution in [1.82, 2.24) is 5.32 Å². The summed E-state index contributed by atoms with van der Waals surface area (Å²) in [5, 5.41) is 13.6. The molecule has 2 N–H and O–H groups in total. The van der Waals surface area contributed by atoms with Gasteiger partial charge in [0, 0.05) is 19.8 Å². The van der Waals surface area contributed by atoms with Crippen LogP contribution in [0.2, 0.25) is 0 Å². The Bertz CT molecular complexity index is 372. The Morgan fingerprint density at radius 2 is 1.95 bits per heavy atom. The normalized spacial score (nSPS) is 14.3. The molecule has 1 aromatic rings. The second-order valence-electron chi connectivity index (χ2n) is 5.61. The molecule has 120 valence electrons. The van der Waals surface area contributed by atoms with Crippen LogP contribution in [0.4, 0.5) is 0 Å². The van der Waals surface area contributed by atoms with Gasteiger partial charge in [0.25, 0.3) is 0 Å². The predicted octanol–water partition coefficient (Wildman–Crippen LogP) is 3.03. The van der Waals surface area contributed by atoms with Crippen molar-refractivity contribution in [3.05, 3.63) is 35.9 Å². The Hall–Kier alpha value is -0.550. The SMILES string of the molecule is COCCCSCCC(CO)(NC(C)C)c1ccccc1. The minimum Gasteiger partial charge on any atom is -0.394 e. The molecular weight excluding hydrogens is 282 g/mol. The Balaban J connectivity index is 2.64. The lowest BCUT2D eigenvalue weighted by Crippen LogP contribution is -2.49. The fourth-order valence-corrected chi connectivity index (χ4v) is 3.50. The van der Waals surface area contributed by atoms with Gasteiger partial charge in [0.05, 0.1) is 12.1 Å².